The number of allylic oxidation sites excluding steroid dienone is 8. The van der Waals surface area contributed by atoms with E-state index in [1.807, 2.05) is 0 Å². The summed E-state index contributed by atoms with van der Waals surface area (Å²) >= 11 is 0. The molecule has 2 fully saturated rings. The fraction of sp³-hybridized carbons (Fsp3) is 0.812. The highest BCUT2D eigenvalue weighted by molar-refractivity contribution is 5.69. The van der Waals surface area contributed by atoms with Crippen molar-refractivity contribution in [2.45, 2.75) is 216 Å². The molecule has 0 aromatic carbocycles. The largest absolute Gasteiger partial charge is 0.457 e. The van der Waals surface area contributed by atoms with Crippen LogP contribution in [0.25, 0.3) is 0 Å². The molecule has 0 radical (unpaired) electrons. The summed E-state index contributed by atoms with van der Waals surface area (Å²) in [5, 5.41) is 71.9. The second-order valence-corrected chi connectivity index (χ2v) is 16.5. The quantitative estimate of drug-likeness (QED) is 0.0218. The summed E-state index contributed by atoms with van der Waals surface area (Å²) in [6, 6.07) is 0. The smallest absolute Gasteiger partial charge is 0.306 e. The lowest BCUT2D eigenvalue weighted by Gasteiger charge is -2.42. The van der Waals surface area contributed by atoms with E-state index < -0.39 is 86.7 Å². The van der Waals surface area contributed by atoms with Crippen LogP contribution in [0.3, 0.4) is 0 Å². The van der Waals surface area contributed by atoms with Gasteiger partial charge in [0.25, 0.3) is 0 Å². The Morgan fingerprint density at radius 1 is 0.548 bits per heavy atom. The van der Waals surface area contributed by atoms with E-state index in [1.165, 1.54) is 32.1 Å². The molecule has 0 spiro atoms. The van der Waals surface area contributed by atoms with E-state index in [0.29, 0.717) is 13.0 Å². The van der Waals surface area contributed by atoms with Gasteiger partial charge in [0, 0.05) is 13.0 Å². The van der Waals surface area contributed by atoms with Gasteiger partial charge in [-0.3, -0.25) is 4.79 Å². The molecular weight excluding hydrogens is 801 g/mol. The topological polar surface area (TPSA) is 214 Å². The number of aliphatic hydroxyl groups is 7. The molecule has 11 unspecified atom stereocenters. The number of carbonyl (C=O) groups is 1. The molecule has 2 rings (SSSR count). The van der Waals surface area contributed by atoms with Crippen LogP contribution in [0.1, 0.15) is 149 Å². The zero-order valence-corrected chi connectivity index (χ0v) is 37.8. The maximum atomic E-state index is 12.9. The molecule has 11 atom stereocenters. The average Bonchev–Trinajstić information content (AvgIpc) is 3.27. The Morgan fingerprint density at radius 3 is 1.66 bits per heavy atom. The molecule has 7 N–H and O–H groups in total. The van der Waals surface area contributed by atoms with Crippen LogP contribution in [0.5, 0.6) is 0 Å². The number of esters is 1. The van der Waals surface area contributed by atoms with Crippen molar-refractivity contribution in [2.75, 3.05) is 33.0 Å². The van der Waals surface area contributed by atoms with Crippen molar-refractivity contribution in [1.82, 2.24) is 0 Å². The van der Waals surface area contributed by atoms with Gasteiger partial charge < -0.3 is 64.2 Å². The van der Waals surface area contributed by atoms with E-state index in [9.17, 15) is 40.5 Å². The maximum Gasteiger partial charge on any atom is 0.306 e. The zero-order valence-electron chi connectivity index (χ0n) is 37.8. The molecule has 2 heterocycles. The van der Waals surface area contributed by atoms with Crippen LogP contribution in [0.2, 0.25) is 0 Å². The second kappa shape index (κ2) is 36.2. The Hall–Kier alpha value is -2.05. The van der Waals surface area contributed by atoms with Crippen molar-refractivity contribution >= 4 is 5.97 Å². The highest BCUT2D eigenvalue weighted by Gasteiger charge is 2.47. The summed E-state index contributed by atoms with van der Waals surface area (Å²) in [4.78, 5) is 12.9. The normalized spacial score (nSPS) is 27.6. The van der Waals surface area contributed by atoms with Gasteiger partial charge >= 0.3 is 5.97 Å². The summed E-state index contributed by atoms with van der Waals surface area (Å²) in [5.41, 5.74) is 0. The first-order valence-electron chi connectivity index (χ1n) is 23.7. The van der Waals surface area contributed by atoms with Crippen molar-refractivity contribution in [1.29, 1.82) is 0 Å². The van der Waals surface area contributed by atoms with Crippen LogP contribution in [-0.4, -0.2) is 142 Å². The van der Waals surface area contributed by atoms with Gasteiger partial charge in [-0.25, -0.2) is 0 Å². The second-order valence-electron chi connectivity index (χ2n) is 16.5. The van der Waals surface area contributed by atoms with Crippen LogP contribution < -0.4 is 0 Å². The minimum Gasteiger partial charge on any atom is -0.457 e. The number of aliphatic hydroxyl groups excluding tert-OH is 7. The monoisotopic (exact) mass is 885 g/mol. The lowest BCUT2D eigenvalue weighted by Crippen LogP contribution is -2.61. The lowest BCUT2D eigenvalue weighted by molar-refractivity contribution is -0.332. The van der Waals surface area contributed by atoms with Gasteiger partial charge in [0.1, 0.15) is 54.9 Å². The van der Waals surface area contributed by atoms with E-state index in [1.54, 1.807) is 0 Å². The maximum absolute atomic E-state index is 12.9. The van der Waals surface area contributed by atoms with Crippen molar-refractivity contribution in [3.63, 3.8) is 0 Å². The Labute approximate surface area is 372 Å². The molecule has 0 aromatic rings. The minimum atomic E-state index is -1.71. The third kappa shape index (κ3) is 24.3. The molecule has 0 amide bonds. The standard InChI is InChI=1S/C48H84O14/c1-3-5-7-9-11-13-15-16-17-18-19-20-21-22-24-26-28-30-32-57-34-37(60-40(50)31-29-27-25-23-14-12-10-8-6-4-2)35-58-47-46(56)44(54)42(52)39(62-47)36-59-48-45(55)43(53)41(51)38(33-49)61-48/h5,7-8,10-11,13,16-17,37-39,41-49,51-56H,3-4,6,9,12,14-15,18-36H2,1-2H3/b7-5-,10-8-,13-11-,17-16-. The number of hydrogen-bond donors (Lipinski definition) is 7. The highest BCUT2D eigenvalue weighted by atomic mass is 16.7. The molecule has 360 valence electrons. The predicted octanol–water partition coefficient (Wildman–Crippen LogP) is 6.01. The van der Waals surface area contributed by atoms with E-state index in [4.69, 9.17) is 28.4 Å². The van der Waals surface area contributed by atoms with Crippen molar-refractivity contribution in [3.05, 3.63) is 48.6 Å². The molecule has 0 bridgehead atoms. The van der Waals surface area contributed by atoms with Gasteiger partial charge in [0.05, 0.1) is 26.4 Å². The van der Waals surface area contributed by atoms with Gasteiger partial charge in [-0.15, -0.1) is 0 Å². The number of carbonyl (C=O) groups excluding carboxylic acids is 1. The average molecular weight is 885 g/mol. The van der Waals surface area contributed by atoms with Crippen molar-refractivity contribution in [2.24, 2.45) is 0 Å². The fourth-order valence-electron chi connectivity index (χ4n) is 7.18. The molecule has 14 heteroatoms. The third-order valence-electron chi connectivity index (χ3n) is 11.1. The molecule has 2 saturated heterocycles. The number of ether oxygens (including phenoxy) is 6. The number of hydrogen-bond acceptors (Lipinski definition) is 14. The minimum absolute atomic E-state index is 0.0516. The third-order valence-corrected chi connectivity index (χ3v) is 11.1. The van der Waals surface area contributed by atoms with Gasteiger partial charge in [-0.1, -0.05) is 127 Å². The van der Waals surface area contributed by atoms with Crippen molar-refractivity contribution in [3.8, 4) is 0 Å². The van der Waals surface area contributed by atoms with Crippen LogP contribution in [-0.2, 0) is 33.2 Å². The van der Waals surface area contributed by atoms with Gasteiger partial charge in [-0.2, -0.15) is 0 Å². The Balaban J connectivity index is 1.78. The number of unbranched alkanes of at least 4 members (excludes halogenated alkanes) is 14. The number of rotatable bonds is 36. The summed E-state index contributed by atoms with van der Waals surface area (Å²) < 4.78 is 34.1. The van der Waals surface area contributed by atoms with Crippen LogP contribution >= 0.6 is 0 Å². The summed E-state index contributed by atoms with van der Waals surface area (Å²) in [6.07, 6.45) is 23.3. The Kier molecular flexibility index (Phi) is 32.7. The van der Waals surface area contributed by atoms with Crippen LogP contribution in [0, 0.1) is 0 Å². The fourth-order valence-corrected chi connectivity index (χ4v) is 7.18. The lowest BCUT2D eigenvalue weighted by atomic mass is 9.98. The van der Waals surface area contributed by atoms with E-state index in [0.717, 1.165) is 89.9 Å². The molecule has 2 aliphatic heterocycles. The van der Waals surface area contributed by atoms with Crippen LogP contribution in [0.15, 0.2) is 48.6 Å². The molecular formula is C48H84O14. The molecule has 0 saturated carbocycles. The first-order chi connectivity index (χ1) is 30.1. The summed E-state index contributed by atoms with van der Waals surface area (Å²) in [6.45, 7) is 3.46. The first-order valence-corrected chi connectivity index (χ1v) is 23.7. The molecule has 62 heavy (non-hydrogen) atoms. The highest BCUT2D eigenvalue weighted by Crippen LogP contribution is 2.26. The van der Waals surface area contributed by atoms with E-state index >= 15 is 0 Å². The molecule has 0 aromatic heterocycles. The Bertz CT molecular complexity index is 1210. The van der Waals surface area contributed by atoms with Gasteiger partial charge in [-0.05, 0) is 64.2 Å². The molecule has 14 nitrogen and oxygen atoms in total. The SMILES string of the molecule is CC/C=C\C/C=C\C/C=C\CCCCCCCCCCOCC(COC1OC(COC2OC(CO)C(O)C(O)C2O)C(O)C(O)C1O)OC(=O)CCCCCCC/C=C\CCC. The first kappa shape index (κ1) is 56.1. The Morgan fingerprint density at radius 2 is 1.05 bits per heavy atom. The molecule has 0 aliphatic carbocycles. The van der Waals surface area contributed by atoms with Gasteiger partial charge in [0.2, 0.25) is 0 Å². The van der Waals surface area contributed by atoms with E-state index in [2.05, 4.69) is 62.5 Å². The zero-order chi connectivity index (χ0) is 45.2. The predicted molar refractivity (Wildman–Crippen MR) is 238 cm³/mol. The van der Waals surface area contributed by atoms with E-state index in [-0.39, 0.29) is 19.6 Å². The molecule has 2 aliphatic rings. The summed E-state index contributed by atoms with van der Waals surface area (Å²) in [5.74, 6) is -0.393. The summed E-state index contributed by atoms with van der Waals surface area (Å²) in [7, 11) is 0. The van der Waals surface area contributed by atoms with Crippen molar-refractivity contribution < 1.29 is 69.0 Å². The van der Waals surface area contributed by atoms with Crippen LogP contribution in [0.4, 0.5) is 0 Å². The van der Waals surface area contributed by atoms with Gasteiger partial charge in [0.15, 0.2) is 12.6 Å².